The van der Waals surface area contributed by atoms with E-state index >= 15 is 0 Å². The number of rotatable bonds is 21. The summed E-state index contributed by atoms with van der Waals surface area (Å²) in [5.74, 6) is 1.63. The quantitative estimate of drug-likeness (QED) is 0.147. The number of esters is 1. The van der Waals surface area contributed by atoms with Crippen molar-refractivity contribution < 1.29 is 14.3 Å². The zero-order valence-electron chi connectivity index (χ0n) is 19.6. The van der Waals surface area contributed by atoms with Gasteiger partial charge in [-0.3, -0.25) is 4.79 Å². The average molecular weight is 399 g/mol. The molecule has 3 heteroatoms. The maximum absolute atomic E-state index is 10.7. The first-order valence-corrected chi connectivity index (χ1v) is 12.2. The molecule has 0 rings (SSSR count). The third-order valence-electron chi connectivity index (χ3n) is 5.84. The molecule has 0 saturated carbocycles. The SMILES string of the molecule is COCCCCCCCC(C)CCCCC(C)CCCCCCCOC(C)=O. The molecule has 0 fully saturated rings. The fourth-order valence-corrected chi connectivity index (χ4v) is 3.88. The van der Waals surface area contributed by atoms with Crippen molar-refractivity contribution >= 4 is 5.97 Å². The molecular weight excluding hydrogens is 348 g/mol. The zero-order chi connectivity index (χ0) is 20.9. The minimum Gasteiger partial charge on any atom is -0.466 e. The fourth-order valence-electron chi connectivity index (χ4n) is 3.88. The topological polar surface area (TPSA) is 35.5 Å². The van der Waals surface area contributed by atoms with Crippen molar-refractivity contribution in [3.05, 3.63) is 0 Å². The molecule has 0 aromatic rings. The number of hydrogen-bond donors (Lipinski definition) is 0. The van der Waals surface area contributed by atoms with E-state index in [4.69, 9.17) is 9.47 Å². The standard InChI is InChI=1S/C25H50O3/c1-23(17-11-7-5-9-15-21-27-4)19-13-14-20-24(2)18-12-8-6-10-16-22-28-25(3)26/h23-24H,5-22H2,1-4H3. The second-order valence-corrected chi connectivity index (χ2v) is 8.94. The molecule has 0 aliphatic heterocycles. The normalized spacial score (nSPS) is 13.4. The monoisotopic (exact) mass is 398 g/mol. The Morgan fingerprint density at radius 2 is 0.964 bits per heavy atom. The van der Waals surface area contributed by atoms with E-state index in [2.05, 4.69) is 13.8 Å². The molecule has 28 heavy (non-hydrogen) atoms. The maximum Gasteiger partial charge on any atom is 0.302 e. The van der Waals surface area contributed by atoms with Crippen molar-refractivity contribution in [3.63, 3.8) is 0 Å². The maximum atomic E-state index is 10.7. The van der Waals surface area contributed by atoms with Crippen molar-refractivity contribution in [1.82, 2.24) is 0 Å². The summed E-state index contributed by atoms with van der Waals surface area (Å²) in [4.78, 5) is 10.7. The highest BCUT2D eigenvalue weighted by atomic mass is 16.5. The lowest BCUT2D eigenvalue weighted by Gasteiger charge is -2.13. The van der Waals surface area contributed by atoms with Gasteiger partial charge in [-0.15, -0.1) is 0 Å². The van der Waals surface area contributed by atoms with Crippen LogP contribution in [0.15, 0.2) is 0 Å². The average Bonchev–Trinajstić information content (AvgIpc) is 2.66. The van der Waals surface area contributed by atoms with E-state index in [0.717, 1.165) is 24.9 Å². The van der Waals surface area contributed by atoms with Crippen LogP contribution >= 0.6 is 0 Å². The Hall–Kier alpha value is -0.570. The lowest BCUT2D eigenvalue weighted by atomic mass is 9.93. The summed E-state index contributed by atoms with van der Waals surface area (Å²) in [6.07, 6.45) is 21.3. The van der Waals surface area contributed by atoms with Crippen LogP contribution in [0.2, 0.25) is 0 Å². The predicted octanol–water partition coefficient (Wildman–Crippen LogP) is 7.71. The van der Waals surface area contributed by atoms with Crippen LogP contribution in [0.3, 0.4) is 0 Å². The molecule has 0 amide bonds. The first-order chi connectivity index (χ1) is 13.6. The number of carbonyl (C=O) groups excluding carboxylic acids is 1. The van der Waals surface area contributed by atoms with E-state index < -0.39 is 0 Å². The van der Waals surface area contributed by atoms with Gasteiger partial charge in [-0.2, -0.15) is 0 Å². The van der Waals surface area contributed by atoms with Gasteiger partial charge < -0.3 is 9.47 Å². The van der Waals surface area contributed by atoms with Crippen molar-refractivity contribution in [2.75, 3.05) is 20.3 Å². The van der Waals surface area contributed by atoms with Gasteiger partial charge in [-0.05, 0) is 24.7 Å². The Kier molecular flexibility index (Phi) is 20.7. The van der Waals surface area contributed by atoms with Gasteiger partial charge in [-0.25, -0.2) is 0 Å². The molecule has 0 spiro atoms. The molecule has 0 aliphatic rings. The molecule has 168 valence electrons. The Bertz CT molecular complexity index is 330. The van der Waals surface area contributed by atoms with Crippen LogP contribution in [0.5, 0.6) is 0 Å². The Morgan fingerprint density at radius 3 is 1.39 bits per heavy atom. The molecule has 2 atom stereocenters. The summed E-state index contributed by atoms with van der Waals surface area (Å²) >= 11 is 0. The Morgan fingerprint density at radius 1 is 0.607 bits per heavy atom. The third kappa shape index (κ3) is 21.7. The third-order valence-corrected chi connectivity index (χ3v) is 5.84. The summed E-state index contributed by atoms with van der Waals surface area (Å²) in [6, 6.07) is 0. The zero-order valence-corrected chi connectivity index (χ0v) is 19.6. The van der Waals surface area contributed by atoms with Crippen LogP contribution in [-0.4, -0.2) is 26.3 Å². The van der Waals surface area contributed by atoms with Gasteiger partial charge in [-0.1, -0.05) is 104 Å². The minimum atomic E-state index is -0.156. The van der Waals surface area contributed by atoms with Crippen LogP contribution in [-0.2, 0) is 14.3 Å². The van der Waals surface area contributed by atoms with Gasteiger partial charge in [0, 0.05) is 20.6 Å². The lowest BCUT2D eigenvalue weighted by molar-refractivity contribution is -0.141. The highest BCUT2D eigenvalue weighted by molar-refractivity contribution is 5.65. The van der Waals surface area contributed by atoms with Gasteiger partial charge in [0.25, 0.3) is 0 Å². The lowest BCUT2D eigenvalue weighted by Crippen LogP contribution is -2.00. The summed E-state index contributed by atoms with van der Waals surface area (Å²) < 4.78 is 10.1. The van der Waals surface area contributed by atoms with Gasteiger partial charge >= 0.3 is 5.97 Å². The van der Waals surface area contributed by atoms with Gasteiger partial charge in [0.05, 0.1) is 6.61 Å². The molecule has 0 N–H and O–H groups in total. The predicted molar refractivity (Wildman–Crippen MR) is 121 cm³/mol. The van der Waals surface area contributed by atoms with E-state index in [0.29, 0.717) is 6.61 Å². The minimum absolute atomic E-state index is 0.156. The van der Waals surface area contributed by atoms with Crippen molar-refractivity contribution in [2.45, 2.75) is 124 Å². The van der Waals surface area contributed by atoms with Crippen molar-refractivity contribution in [3.8, 4) is 0 Å². The molecule has 3 nitrogen and oxygen atoms in total. The summed E-state index contributed by atoms with van der Waals surface area (Å²) in [5.41, 5.74) is 0. The van der Waals surface area contributed by atoms with E-state index in [-0.39, 0.29) is 5.97 Å². The molecule has 0 heterocycles. The van der Waals surface area contributed by atoms with Crippen LogP contribution in [0, 0.1) is 11.8 Å². The number of hydrogen-bond acceptors (Lipinski definition) is 3. The van der Waals surface area contributed by atoms with E-state index in [1.165, 1.54) is 103 Å². The van der Waals surface area contributed by atoms with Crippen molar-refractivity contribution in [2.24, 2.45) is 11.8 Å². The Labute approximate surface area is 176 Å². The first-order valence-electron chi connectivity index (χ1n) is 12.2. The van der Waals surface area contributed by atoms with Crippen LogP contribution in [0.25, 0.3) is 0 Å². The van der Waals surface area contributed by atoms with Crippen molar-refractivity contribution in [1.29, 1.82) is 0 Å². The van der Waals surface area contributed by atoms with Crippen LogP contribution in [0.1, 0.15) is 124 Å². The largest absolute Gasteiger partial charge is 0.466 e. The second kappa shape index (κ2) is 21.1. The number of unbranched alkanes of at least 4 members (excludes halogenated alkanes) is 9. The molecule has 2 unspecified atom stereocenters. The summed E-state index contributed by atoms with van der Waals surface area (Å²) in [5, 5.41) is 0. The molecule has 0 aromatic carbocycles. The summed E-state index contributed by atoms with van der Waals surface area (Å²) in [7, 11) is 1.79. The molecule has 0 bridgehead atoms. The molecule has 0 aliphatic carbocycles. The number of ether oxygens (including phenoxy) is 2. The van der Waals surface area contributed by atoms with Crippen LogP contribution in [0.4, 0.5) is 0 Å². The van der Waals surface area contributed by atoms with Gasteiger partial charge in [0.1, 0.15) is 0 Å². The second-order valence-electron chi connectivity index (χ2n) is 8.94. The van der Waals surface area contributed by atoms with E-state index in [9.17, 15) is 4.79 Å². The molecule has 0 radical (unpaired) electrons. The number of carbonyl (C=O) groups is 1. The smallest absolute Gasteiger partial charge is 0.302 e. The summed E-state index contributed by atoms with van der Waals surface area (Å²) in [6.45, 7) is 7.86. The molecule has 0 aromatic heterocycles. The molecular formula is C25H50O3. The van der Waals surface area contributed by atoms with Gasteiger partial charge in [0.15, 0.2) is 0 Å². The highest BCUT2D eigenvalue weighted by Crippen LogP contribution is 2.21. The van der Waals surface area contributed by atoms with Crippen LogP contribution < -0.4 is 0 Å². The molecule has 0 saturated heterocycles. The van der Waals surface area contributed by atoms with Gasteiger partial charge in [0.2, 0.25) is 0 Å². The fraction of sp³-hybridized carbons (Fsp3) is 0.960. The Balaban J connectivity index is 3.30. The van der Waals surface area contributed by atoms with E-state index in [1.54, 1.807) is 7.11 Å². The highest BCUT2D eigenvalue weighted by Gasteiger charge is 2.05. The number of methoxy groups -OCH3 is 1. The van der Waals surface area contributed by atoms with E-state index in [1.807, 2.05) is 0 Å². The first kappa shape index (κ1) is 27.4.